The summed E-state index contributed by atoms with van der Waals surface area (Å²) in [6, 6.07) is 0. The Balaban J connectivity index is 5.23. The number of carbonyl (C=O) groups is 4. The molecule has 0 aromatic carbocycles. The molecule has 152 valence electrons. The van der Waals surface area contributed by atoms with E-state index in [9.17, 15) is 19.2 Å². The van der Waals surface area contributed by atoms with E-state index in [2.05, 4.69) is 13.2 Å². The van der Waals surface area contributed by atoms with E-state index in [1.165, 1.54) is 26.0 Å². The Morgan fingerprint density at radius 3 is 1.33 bits per heavy atom. The SMILES string of the molecule is C=CC(C)(CC(=O)C(C)CC(C)=O)OC(C)(C=C)CC(=O)C(C)CC(C)=O. The van der Waals surface area contributed by atoms with Gasteiger partial charge in [0, 0.05) is 37.5 Å². The molecular weight excluding hydrogens is 344 g/mol. The molecule has 0 saturated heterocycles. The van der Waals surface area contributed by atoms with E-state index in [1.807, 2.05) is 0 Å². The highest BCUT2D eigenvalue weighted by Crippen LogP contribution is 2.31. The minimum absolute atomic E-state index is 0.0435. The molecule has 5 nitrogen and oxygen atoms in total. The molecule has 4 atom stereocenters. The van der Waals surface area contributed by atoms with Gasteiger partial charge in [-0.3, -0.25) is 9.59 Å². The predicted octanol–water partition coefficient (Wildman–Crippen LogP) is 4.04. The van der Waals surface area contributed by atoms with E-state index >= 15 is 0 Å². The van der Waals surface area contributed by atoms with Gasteiger partial charge in [0.25, 0.3) is 0 Å². The van der Waals surface area contributed by atoms with Crippen LogP contribution in [0.4, 0.5) is 0 Å². The van der Waals surface area contributed by atoms with E-state index in [1.54, 1.807) is 27.7 Å². The average molecular weight is 379 g/mol. The van der Waals surface area contributed by atoms with Crippen molar-refractivity contribution in [3.63, 3.8) is 0 Å². The number of rotatable bonds is 14. The number of carbonyl (C=O) groups excluding carboxylic acids is 4. The predicted molar refractivity (Wildman–Crippen MR) is 106 cm³/mol. The van der Waals surface area contributed by atoms with Crippen molar-refractivity contribution in [2.75, 3.05) is 0 Å². The highest BCUT2D eigenvalue weighted by Gasteiger charge is 2.37. The molecule has 0 aliphatic heterocycles. The molecule has 0 fully saturated rings. The summed E-state index contributed by atoms with van der Waals surface area (Å²) in [6.07, 6.45) is 3.54. The summed E-state index contributed by atoms with van der Waals surface area (Å²) < 4.78 is 6.13. The van der Waals surface area contributed by atoms with Crippen LogP contribution < -0.4 is 0 Å². The lowest BCUT2D eigenvalue weighted by Crippen LogP contribution is -2.42. The number of ether oxygens (including phenoxy) is 1. The zero-order valence-electron chi connectivity index (χ0n) is 17.6. The van der Waals surface area contributed by atoms with Crippen LogP contribution >= 0.6 is 0 Å². The van der Waals surface area contributed by atoms with Crippen LogP contribution in [0.2, 0.25) is 0 Å². The van der Waals surface area contributed by atoms with Gasteiger partial charge in [0.15, 0.2) is 0 Å². The second kappa shape index (κ2) is 10.5. The Hall–Kier alpha value is -1.88. The smallest absolute Gasteiger partial charge is 0.139 e. The maximum atomic E-state index is 12.5. The molecule has 0 bridgehead atoms. The number of hydrogen-bond acceptors (Lipinski definition) is 5. The minimum Gasteiger partial charge on any atom is -0.360 e. The first-order chi connectivity index (χ1) is 12.3. The first-order valence-electron chi connectivity index (χ1n) is 9.29. The van der Waals surface area contributed by atoms with Crippen molar-refractivity contribution >= 4 is 23.1 Å². The van der Waals surface area contributed by atoms with Crippen molar-refractivity contribution in [1.29, 1.82) is 0 Å². The van der Waals surface area contributed by atoms with Crippen LogP contribution in [-0.2, 0) is 23.9 Å². The maximum absolute atomic E-state index is 12.5. The van der Waals surface area contributed by atoms with Crippen molar-refractivity contribution in [2.45, 2.75) is 78.4 Å². The lowest BCUT2D eigenvalue weighted by Gasteiger charge is -2.37. The zero-order chi connectivity index (χ0) is 21.4. The van der Waals surface area contributed by atoms with Gasteiger partial charge >= 0.3 is 0 Å². The molecule has 0 aliphatic carbocycles. The van der Waals surface area contributed by atoms with Gasteiger partial charge < -0.3 is 14.3 Å². The maximum Gasteiger partial charge on any atom is 0.139 e. The molecule has 0 radical (unpaired) electrons. The second-order valence-electron chi connectivity index (χ2n) is 8.04. The summed E-state index contributed by atoms with van der Waals surface area (Å²) in [5, 5.41) is 0. The molecular formula is C22H34O5. The van der Waals surface area contributed by atoms with Gasteiger partial charge in [-0.2, -0.15) is 0 Å². The summed E-state index contributed by atoms with van der Waals surface area (Å²) in [4.78, 5) is 47.4. The molecule has 0 amide bonds. The summed E-state index contributed by atoms with van der Waals surface area (Å²) in [5.74, 6) is -1.10. The first-order valence-corrected chi connectivity index (χ1v) is 9.29. The Morgan fingerprint density at radius 1 is 0.815 bits per heavy atom. The van der Waals surface area contributed by atoms with E-state index in [0.717, 1.165) is 0 Å². The Morgan fingerprint density at radius 2 is 1.11 bits per heavy atom. The lowest BCUT2D eigenvalue weighted by atomic mass is 9.87. The van der Waals surface area contributed by atoms with Gasteiger partial charge in [-0.05, 0) is 27.7 Å². The quantitative estimate of drug-likeness (QED) is 0.426. The molecule has 0 aromatic heterocycles. The van der Waals surface area contributed by atoms with Crippen LogP contribution in [-0.4, -0.2) is 34.3 Å². The average Bonchev–Trinajstić information content (AvgIpc) is 2.53. The Kier molecular flexibility index (Phi) is 9.73. The molecule has 4 unspecified atom stereocenters. The van der Waals surface area contributed by atoms with E-state index in [-0.39, 0.29) is 48.8 Å². The van der Waals surface area contributed by atoms with Crippen LogP contribution in [0.15, 0.2) is 25.3 Å². The molecule has 0 rings (SSSR count). The Labute approximate surface area is 163 Å². The fraction of sp³-hybridized carbons (Fsp3) is 0.636. The largest absolute Gasteiger partial charge is 0.360 e. The minimum atomic E-state index is -1.00. The van der Waals surface area contributed by atoms with Gasteiger partial charge in [0.05, 0.1) is 11.2 Å². The van der Waals surface area contributed by atoms with Crippen molar-refractivity contribution < 1.29 is 23.9 Å². The van der Waals surface area contributed by atoms with Crippen molar-refractivity contribution in [3.8, 4) is 0 Å². The molecule has 0 spiro atoms. The van der Waals surface area contributed by atoms with Gasteiger partial charge in [0.2, 0.25) is 0 Å². The van der Waals surface area contributed by atoms with E-state index in [0.29, 0.717) is 0 Å². The molecule has 0 aromatic rings. The van der Waals surface area contributed by atoms with Crippen LogP contribution in [0.3, 0.4) is 0 Å². The van der Waals surface area contributed by atoms with Crippen molar-refractivity contribution in [3.05, 3.63) is 25.3 Å². The van der Waals surface area contributed by atoms with Crippen molar-refractivity contribution in [1.82, 2.24) is 0 Å². The molecule has 27 heavy (non-hydrogen) atoms. The summed E-state index contributed by atoms with van der Waals surface area (Å²) in [7, 11) is 0. The summed E-state index contributed by atoms with van der Waals surface area (Å²) >= 11 is 0. The fourth-order valence-electron chi connectivity index (χ4n) is 2.96. The van der Waals surface area contributed by atoms with Gasteiger partial charge in [-0.15, -0.1) is 13.2 Å². The fourth-order valence-corrected chi connectivity index (χ4v) is 2.96. The molecule has 0 heterocycles. The topological polar surface area (TPSA) is 77.5 Å². The first kappa shape index (κ1) is 25.1. The molecule has 0 N–H and O–H groups in total. The van der Waals surface area contributed by atoms with Gasteiger partial charge in [-0.25, -0.2) is 0 Å². The van der Waals surface area contributed by atoms with Gasteiger partial charge in [0.1, 0.15) is 23.1 Å². The zero-order valence-corrected chi connectivity index (χ0v) is 17.6. The molecule has 0 aliphatic rings. The third kappa shape index (κ3) is 9.05. The third-order valence-corrected chi connectivity index (χ3v) is 4.67. The molecule has 0 saturated carbocycles. The third-order valence-electron chi connectivity index (χ3n) is 4.67. The summed E-state index contributed by atoms with van der Waals surface area (Å²) in [6.45, 7) is 17.3. The highest BCUT2D eigenvalue weighted by molar-refractivity contribution is 5.88. The standard InChI is InChI=1S/C22H34O5/c1-9-21(7,13-19(25)15(3)11-17(5)23)27-22(8,10-2)14-20(26)16(4)12-18(6)24/h9-10,15-16H,1-2,11-14H2,3-8H3. The van der Waals surface area contributed by atoms with E-state index in [4.69, 9.17) is 4.74 Å². The molecule has 5 heteroatoms. The lowest BCUT2D eigenvalue weighted by molar-refractivity contribution is -0.143. The van der Waals surface area contributed by atoms with Crippen LogP contribution in [0.5, 0.6) is 0 Å². The number of Topliss-reactive ketones (excluding diaryl/α,β-unsaturated/α-hetero) is 4. The van der Waals surface area contributed by atoms with Crippen molar-refractivity contribution in [2.24, 2.45) is 11.8 Å². The van der Waals surface area contributed by atoms with Crippen LogP contribution in [0.1, 0.15) is 67.2 Å². The number of hydrogen-bond donors (Lipinski definition) is 0. The summed E-state index contributed by atoms with van der Waals surface area (Å²) in [5.41, 5.74) is -2.01. The van der Waals surface area contributed by atoms with Gasteiger partial charge in [-0.1, -0.05) is 26.0 Å². The van der Waals surface area contributed by atoms with E-state index < -0.39 is 23.0 Å². The Bertz CT molecular complexity index is 554. The monoisotopic (exact) mass is 378 g/mol. The highest BCUT2D eigenvalue weighted by atomic mass is 16.5. The van der Waals surface area contributed by atoms with Crippen LogP contribution in [0.25, 0.3) is 0 Å². The number of ketones is 4. The second-order valence-corrected chi connectivity index (χ2v) is 8.04. The normalized spacial score (nSPS) is 17.7. The van der Waals surface area contributed by atoms with Crippen LogP contribution in [0, 0.1) is 11.8 Å².